The van der Waals surface area contributed by atoms with E-state index in [4.69, 9.17) is 11.6 Å². The van der Waals surface area contributed by atoms with Gasteiger partial charge in [-0.15, -0.1) is 0 Å². The van der Waals surface area contributed by atoms with E-state index in [0.717, 1.165) is 37.5 Å². The van der Waals surface area contributed by atoms with Crippen LogP contribution in [-0.2, 0) is 11.3 Å². The van der Waals surface area contributed by atoms with E-state index in [-0.39, 0.29) is 17.8 Å². The van der Waals surface area contributed by atoms with Crippen molar-refractivity contribution >= 4 is 23.6 Å². The lowest BCUT2D eigenvalue weighted by molar-refractivity contribution is -0.918. The minimum Gasteiger partial charge on any atom is -0.349 e. The Bertz CT molecular complexity index is 768. The number of likely N-dealkylation sites (tertiary alicyclic amines) is 1. The molecule has 136 valence electrons. The summed E-state index contributed by atoms with van der Waals surface area (Å²) in [5.41, 5.74) is 1.97. The van der Waals surface area contributed by atoms with Crippen LogP contribution < -0.4 is 10.2 Å². The van der Waals surface area contributed by atoms with E-state index in [9.17, 15) is 9.18 Å². The van der Waals surface area contributed by atoms with Crippen LogP contribution in [0.2, 0.25) is 5.02 Å². The van der Waals surface area contributed by atoms with Crippen LogP contribution in [0.25, 0.3) is 6.08 Å². The van der Waals surface area contributed by atoms with Gasteiger partial charge in [0.1, 0.15) is 12.4 Å². The molecule has 1 fully saturated rings. The lowest BCUT2D eigenvalue weighted by Crippen LogP contribution is -3.12. The molecule has 1 aliphatic rings. The lowest BCUT2D eigenvalue weighted by atomic mass is 10.0. The SMILES string of the molecule is O=C(/C=C/c1cccc(F)c1)NC1CC[NH+](Cc2ccc(Cl)cc2)CC1. The molecule has 0 aromatic heterocycles. The highest BCUT2D eigenvalue weighted by molar-refractivity contribution is 6.30. The van der Waals surface area contributed by atoms with E-state index in [2.05, 4.69) is 17.4 Å². The molecular weight excluding hydrogens is 351 g/mol. The molecule has 3 nitrogen and oxygen atoms in total. The predicted octanol–water partition coefficient (Wildman–Crippen LogP) is 2.86. The summed E-state index contributed by atoms with van der Waals surface area (Å²) >= 11 is 5.92. The standard InChI is InChI=1S/C21H22ClFN2O/c22-18-7-4-17(5-8-18)15-25-12-10-20(11-13-25)24-21(26)9-6-16-2-1-3-19(23)14-16/h1-9,14,20H,10-13,15H2,(H,24,26)/p+1/b9-6+. The van der Waals surface area contributed by atoms with E-state index in [1.807, 2.05) is 12.1 Å². The number of hydrogen-bond donors (Lipinski definition) is 2. The summed E-state index contributed by atoms with van der Waals surface area (Å²) < 4.78 is 13.1. The topological polar surface area (TPSA) is 33.5 Å². The largest absolute Gasteiger partial charge is 0.349 e. The first kappa shape index (κ1) is 18.6. The van der Waals surface area contributed by atoms with Gasteiger partial charge in [0.15, 0.2) is 0 Å². The van der Waals surface area contributed by atoms with Crippen molar-refractivity contribution in [3.8, 4) is 0 Å². The maximum Gasteiger partial charge on any atom is 0.244 e. The van der Waals surface area contributed by atoms with Crippen molar-refractivity contribution in [3.63, 3.8) is 0 Å². The third-order valence-electron chi connectivity index (χ3n) is 4.68. The van der Waals surface area contributed by atoms with Gasteiger partial charge in [-0.3, -0.25) is 4.79 Å². The van der Waals surface area contributed by atoms with Gasteiger partial charge < -0.3 is 10.2 Å². The molecule has 2 N–H and O–H groups in total. The number of piperidine rings is 1. The van der Waals surface area contributed by atoms with Crippen LogP contribution in [0.4, 0.5) is 4.39 Å². The first-order valence-electron chi connectivity index (χ1n) is 8.90. The maximum atomic E-state index is 13.1. The maximum absolute atomic E-state index is 13.1. The second-order valence-corrected chi connectivity index (χ2v) is 7.16. The molecule has 2 aromatic carbocycles. The van der Waals surface area contributed by atoms with Gasteiger partial charge >= 0.3 is 0 Å². The molecule has 5 heteroatoms. The number of quaternary nitrogens is 1. The van der Waals surface area contributed by atoms with E-state index >= 15 is 0 Å². The number of halogens is 2. The second-order valence-electron chi connectivity index (χ2n) is 6.72. The average molecular weight is 374 g/mol. The fourth-order valence-corrected chi connectivity index (χ4v) is 3.40. The van der Waals surface area contributed by atoms with E-state index in [1.54, 1.807) is 18.2 Å². The zero-order chi connectivity index (χ0) is 18.4. The van der Waals surface area contributed by atoms with Crippen LogP contribution in [0.3, 0.4) is 0 Å². The van der Waals surface area contributed by atoms with Gasteiger partial charge in [-0.2, -0.15) is 0 Å². The van der Waals surface area contributed by atoms with Crippen molar-refractivity contribution in [1.82, 2.24) is 5.32 Å². The lowest BCUT2D eigenvalue weighted by Gasteiger charge is -2.29. The Balaban J connectivity index is 1.43. The summed E-state index contributed by atoms with van der Waals surface area (Å²) in [6.45, 7) is 3.04. The normalized spacial score (nSPS) is 20.2. The Morgan fingerprint density at radius 1 is 1.19 bits per heavy atom. The van der Waals surface area contributed by atoms with Crippen LogP contribution in [0.1, 0.15) is 24.0 Å². The fourth-order valence-electron chi connectivity index (χ4n) is 3.27. The Labute approximate surface area is 158 Å². The Morgan fingerprint density at radius 3 is 2.62 bits per heavy atom. The molecule has 0 saturated carbocycles. The summed E-state index contributed by atoms with van der Waals surface area (Å²) in [6.07, 6.45) is 5.03. The van der Waals surface area contributed by atoms with Crippen molar-refractivity contribution in [2.24, 2.45) is 0 Å². The zero-order valence-electron chi connectivity index (χ0n) is 14.6. The third-order valence-corrected chi connectivity index (χ3v) is 4.93. The minimum absolute atomic E-state index is 0.125. The molecule has 0 radical (unpaired) electrons. The van der Waals surface area contributed by atoms with Gasteiger partial charge in [-0.05, 0) is 35.9 Å². The quantitative estimate of drug-likeness (QED) is 0.776. The van der Waals surface area contributed by atoms with Gasteiger partial charge in [0.05, 0.1) is 13.1 Å². The number of carbonyl (C=O) groups excluding carboxylic acids is 1. The number of nitrogens with one attached hydrogen (secondary N) is 2. The molecule has 26 heavy (non-hydrogen) atoms. The smallest absolute Gasteiger partial charge is 0.244 e. The molecule has 3 rings (SSSR count). The first-order chi connectivity index (χ1) is 12.6. The summed E-state index contributed by atoms with van der Waals surface area (Å²) in [6, 6.07) is 14.4. The predicted molar refractivity (Wildman–Crippen MR) is 102 cm³/mol. The van der Waals surface area contributed by atoms with Crippen LogP contribution >= 0.6 is 11.6 Å². The summed E-state index contributed by atoms with van der Waals surface area (Å²) in [4.78, 5) is 13.6. The number of amides is 1. The monoisotopic (exact) mass is 373 g/mol. The number of carbonyl (C=O) groups is 1. The van der Waals surface area contributed by atoms with Gasteiger partial charge in [0, 0.05) is 35.5 Å². The minimum atomic E-state index is -0.302. The molecule has 0 spiro atoms. The number of rotatable bonds is 5. The molecule has 2 aromatic rings. The van der Waals surface area contributed by atoms with Crippen LogP contribution in [-0.4, -0.2) is 25.0 Å². The van der Waals surface area contributed by atoms with Crippen LogP contribution in [0, 0.1) is 5.82 Å². The van der Waals surface area contributed by atoms with Gasteiger partial charge in [0.25, 0.3) is 0 Å². The van der Waals surface area contributed by atoms with Crippen LogP contribution in [0.5, 0.6) is 0 Å². The number of benzene rings is 2. The Hall–Kier alpha value is -2.17. The molecular formula is C21H23ClFN2O+. The molecule has 0 aliphatic carbocycles. The van der Waals surface area contributed by atoms with E-state index < -0.39 is 0 Å². The van der Waals surface area contributed by atoms with Crippen molar-refractivity contribution < 1.29 is 14.1 Å². The molecule has 0 bridgehead atoms. The van der Waals surface area contributed by atoms with Crippen molar-refractivity contribution in [2.75, 3.05) is 13.1 Å². The highest BCUT2D eigenvalue weighted by atomic mass is 35.5. The molecule has 0 unspecified atom stereocenters. The van der Waals surface area contributed by atoms with Crippen molar-refractivity contribution in [3.05, 3.63) is 76.6 Å². The number of hydrogen-bond acceptors (Lipinski definition) is 1. The van der Waals surface area contributed by atoms with E-state index in [0.29, 0.717) is 5.56 Å². The summed E-state index contributed by atoms with van der Waals surface area (Å²) in [5, 5.41) is 3.81. The average Bonchev–Trinajstić information content (AvgIpc) is 2.64. The highest BCUT2D eigenvalue weighted by Gasteiger charge is 2.22. The second kappa shape index (κ2) is 8.97. The zero-order valence-corrected chi connectivity index (χ0v) is 15.3. The molecule has 1 heterocycles. The summed E-state index contributed by atoms with van der Waals surface area (Å²) in [5.74, 6) is -0.427. The highest BCUT2D eigenvalue weighted by Crippen LogP contribution is 2.09. The van der Waals surface area contributed by atoms with Crippen molar-refractivity contribution in [2.45, 2.75) is 25.4 Å². The Morgan fingerprint density at radius 2 is 1.92 bits per heavy atom. The van der Waals surface area contributed by atoms with E-state index in [1.165, 1.54) is 28.7 Å². The van der Waals surface area contributed by atoms with Gasteiger partial charge in [0.2, 0.25) is 5.91 Å². The molecule has 1 saturated heterocycles. The van der Waals surface area contributed by atoms with Crippen molar-refractivity contribution in [1.29, 1.82) is 0 Å². The third kappa shape index (κ3) is 5.68. The molecule has 1 amide bonds. The van der Waals surface area contributed by atoms with Crippen LogP contribution in [0.15, 0.2) is 54.6 Å². The summed E-state index contributed by atoms with van der Waals surface area (Å²) in [7, 11) is 0. The molecule has 1 aliphatic heterocycles. The Kier molecular flexibility index (Phi) is 6.42. The molecule has 0 atom stereocenters. The fraction of sp³-hybridized carbons (Fsp3) is 0.286. The van der Waals surface area contributed by atoms with Gasteiger partial charge in [-0.1, -0.05) is 35.9 Å². The first-order valence-corrected chi connectivity index (χ1v) is 9.28. The van der Waals surface area contributed by atoms with Gasteiger partial charge in [-0.25, -0.2) is 4.39 Å².